The van der Waals surface area contributed by atoms with Crippen molar-refractivity contribution in [3.8, 4) is 11.8 Å². The van der Waals surface area contributed by atoms with Crippen molar-refractivity contribution in [2.75, 3.05) is 7.11 Å². The van der Waals surface area contributed by atoms with E-state index in [9.17, 15) is 4.79 Å². The van der Waals surface area contributed by atoms with Gasteiger partial charge in [-0.25, -0.2) is 0 Å². The van der Waals surface area contributed by atoms with Crippen LogP contribution < -0.4 is 4.74 Å². The predicted molar refractivity (Wildman–Crippen MR) is 70.9 cm³/mol. The van der Waals surface area contributed by atoms with Gasteiger partial charge in [-0.15, -0.1) is 0 Å². The van der Waals surface area contributed by atoms with Gasteiger partial charge in [0.05, 0.1) is 18.7 Å². The molecule has 0 aliphatic heterocycles. The lowest BCUT2D eigenvalue weighted by Crippen LogP contribution is -2.24. The molecule has 0 aromatic heterocycles. The zero-order valence-electron chi connectivity index (χ0n) is 11.8. The van der Waals surface area contributed by atoms with Crippen molar-refractivity contribution in [3.05, 3.63) is 28.3 Å². The molecule has 0 aliphatic rings. The summed E-state index contributed by atoms with van der Waals surface area (Å²) in [4.78, 5) is 12.5. The zero-order valence-corrected chi connectivity index (χ0v) is 11.8. The van der Waals surface area contributed by atoms with Crippen LogP contribution in [-0.2, 0) is 0 Å². The fourth-order valence-electron chi connectivity index (χ4n) is 1.95. The van der Waals surface area contributed by atoms with Crippen LogP contribution in [0.1, 0.15) is 40.9 Å². The van der Waals surface area contributed by atoms with E-state index in [1.54, 1.807) is 21.0 Å². The van der Waals surface area contributed by atoms with Gasteiger partial charge in [-0.2, -0.15) is 5.26 Å². The molecule has 0 fully saturated rings. The van der Waals surface area contributed by atoms with Crippen molar-refractivity contribution in [3.63, 3.8) is 0 Å². The summed E-state index contributed by atoms with van der Waals surface area (Å²) in [6.07, 6.45) is 0. The maximum atomic E-state index is 12.5. The van der Waals surface area contributed by atoms with Crippen LogP contribution in [-0.4, -0.2) is 12.9 Å². The second-order valence-electron chi connectivity index (χ2n) is 5.11. The first-order valence-electron chi connectivity index (χ1n) is 5.87. The van der Waals surface area contributed by atoms with E-state index in [4.69, 9.17) is 10.00 Å². The van der Waals surface area contributed by atoms with E-state index in [0.29, 0.717) is 11.3 Å². The lowest BCUT2D eigenvalue weighted by atomic mass is 9.82. The van der Waals surface area contributed by atoms with Crippen molar-refractivity contribution in [2.45, 2.75) is 34.6 Å². The molecular weight excluding hydrogens is 226 g/mol. The molecule has 1 rings (SSSR count). The number of methoxy groups -OCH3 is 1. The highest BCUT2D eigenvalue weighted by Crippen LogP contribution is 2.34. The van der Waals surface area contributed by atoms with Gasteiger partial charge in [0.2, 0.25) is 0 Å². The van der Waals surface area contributed by atoms with E-state index in [-0.39, 0.29) is 5.78 Å². The van der Waals surface area contributed by atoms with Gasteiger partial charge in [-0.05, 0) is 51.3 Å². The highest BCUT2D eigenvalue weighted by molar-refractivity contribution is 6.05. The van der Waals surface area contributed by atoms with Gasteiger partial charge in [0.25, 0.3) is 0 Å². The third kappa shape index (κ3) is 2.24. The third-order valence-corrected chi connectivity index (χ3v) is 3.26. The fourth-order valence-corrected chi connectivity index (χ4v) is 1.95. The van der Waals surface area contributed by atoms with Gasteiger partial charge >= 0.3 is 0 Å². The Kier molecular flexibility index (Phi) is 3.81. The number of hydrogen-bond acceptors (Lipinski definition) is 3. The number of hydrogen-bond donors (Lipinski definition) is 0. The molecule has 96 valence electrons. The summed E-state index contributed by atoms with van der Waals surface area (Å²) in [5, 5.41) is 9.09. The molecule has 0 radical (unpaired) electrons. The van der Waals surface area contributed by atoms with Crippen molar-refractivity contribution in [1.29, 1.82) is 5.26 Å². The molecule has 0 spiro atoms. The van der Waals surface area contributed by atoms with E-state index in [1.807, 2.05) is 32.9 Å². The van der Waals surface area contributed by atoms with Crippen LogP contribution >= 0.6 is 0 Å². The van der Waals surface area contributed by atoms with Crippen molar-refractivity contribution < 1.29 is 9.53 Å². The monoisotopic (exact) mass is 245 g/mol. The van der Waals surface area contributed by atoms with Gasteiger partial charge in [-0.3, -0.25) is 4.79 Å². The van der Waals surface area contributed by atoms with E-state index < -0.39 is 5.41 Å². The molecule has 0 N–H and O–H groups in total. The predicted octanol–water partition coefficient (Wildman–Crippen LogP) is 3.35. The molecule has 0 bridgehead atoms. The van der Waals surface area contributed by atoms with Gasteiger partial charge < -0.3 is 4.74 Å². The average molecular weight is 245 g/mol. The maximum Gasteiger partial charge on any atom is 0.186 e. The van der Waals surface area contributed by atoms with E-state index >= 15 is 0 Å². The van der Waals surface area contributed by atoms with Gasteiger partial charge in [-0.1, -0.05) is 6.07 Å². The van der Waals surface area contributed by atoms with Crippen molar-refractivity contribution >= 4 is 5.78 Å². The first kappa shape index (κ1) is 14.2. The third-order valence-electron chi connectivity index (χ3n) is 3.26. The molecule has 18 heavy (non-hydrogen) atoms. The second-order valence-corrected chi connectivity index (χ2v) is 5.11. The first-order chi connectivity index (χ1) is 8.26. The SMILES string of the molecule is COc1c(C)c(C)cc(C)c1C(=O)C(C)(C)C#N. The van der Waals surface area contributed by atoms with Crippen LogP contribution in [0.5, 0.6) is 5.75 Å². The Morgan fingerprint density at radius 3 is 2.28 bits per heavy atom. The van der Waals surface area contributed by atoms with Crippen LogP contribution in [0, 0.1) is 37.5 Å². The van der Waals surface area contributed by atoms with Crippen LogP contribution in [0.2, 0.25) is 0 Å². The summed E-state index contributed by atoms with van der Waals surface area (Å²) >= 11 is 0. The number of nitrogens with zero attached hydrogens (tertiary/aromatic N) is 1. The summed E-state index contributed by atoms with van der Waals surface area (Å²) in [7, 11) is 1.55. The van der Waals surface area contributed by atoms with Crippen LogP contribution in [0.15, 0.2) is 6.07 Å². The number of carbonyl (C=O) groups excluding carboxylic acids is 1. The second kappa shape index (κ2) is 4.81. The first-order valence-corrected chi connectivity index (χ1v) is 5.87. The molecule has 1 aromatic rings. The number of nitriles is 1. The largest absolute Gasteiger partial charge is 0.496 e. The number of Topliss-reactive ketones (excluding diaryl/α,β-unsaturated/α-hetero) is 1. The molecule has 0 atom stereocenters. The Labute approximate surface area is 108 Å². The van der Waals surface area contributed by atoms with Gasteiger partial charge in [0.15, 0.2) is 5.78 Å². The van der Waals surface area contributed by atoms with Crippen LogP contribution in [0.25, 0.3) is 0 Å². The molecule has 0 saturated heterocycles. The summed E-state index contributed by atoms with van der Waals surface area (Å²) in [6, 6.07) is 4.00. The molecule has 0 amide bonds. The van der Waals surface area contributed by atoms with Crippen LogP contribution in [0.4, 0.5) is 0 Å². The summed E-state index contributed by atoms with van der Waals surface area (Å²) < 4.78 is 5.37. The quantitative estimate of drug-likeness (QED) is 0.767. The lowest BCUT2D eigenvalue weighted by Gasteiger charge is -2.20. The molecule has 0 heterocycles. The van der Waals surface area contributed by atoms with E-state index in [1.165, 1.54) is 0 Å². The van der Waals surface area contributed by atoms with Crippen LogP contribution in [0.3, 0.4) is 0 Å². The molecule has 1 aromatic carbocycles. The summed E-state index contributed by atoms with van der Waals surface area (Å²) in [5.74, 6) is 0.392. The van der Waals surface area contributed by atoms with E-state index in [0.717, 1.165) is 16.7 Å². The highest BCUT2D eigenvalue weighted by atomic mass is 16.5. The minimum atomic E-state index is -1.04. The molecule has 0 unspecified atom stereocenters. The van der Waals surface area contributed by atoms with E-state index in [2.05, 4.69) is 0 Å². The molecule has 0 saturated carbocycles. The van der Waals surface area contributed by atoms with Gasteiger partial charge in [0.1, 0.15) is 11.2 Å². The average Bonchev–Trinajstić information content (AvgIpc) is 2.32. The topological polar surface area (TPSA) is 50.1 Å². The number of aryl methyl sites for hydroxylation is 2. The van der Waals surface area contributed by atoms with Crippen molar-refractivity contribution in [2.24, 2.45) is 5.41 Å². The number of ether oxygens (including phenoxy) is 1. The Bertz CT molecular complexity index is 536. The minimum absolute atomic E-state index is 0.192. The normalized spacial score (nSPS) is 10.9. The van der Waals surface area contributed by atoms with Gasteiger partial charge in [0, 0.05) is 0 Å². The fraction of sp³-hybridized carbons (Fsp3) is 0.467. The number of ketones is 1. The minimum Gasteiger partial charge on any atom is -0.496 e. The zero-order chi connectivity index (χ0) is 14.1. The standard InChI is InChI=1S/C15H19NO2/c1-9-7-10(2)12(13(18-6)11(9)3)14(17)15(4,5)8-16/h7H,1-6H3. The molecule has 0 aliphatic carbocycles. The lowest BCUT2D eigenvalue weighted by molar-refractivity contribution is 0.0888. The molecule has 3 heteroatoms. The Balaban J connectivity index is 3.57. The summed E-state index contributed by atoms with van der Waals surface area (Å²) in [5.41, 5.74) is 2.35. The Morgan fingerprint density at radius 1 is 1.28 bits per heavy atom. The maximum absolute atomic E-state index is 12.5. The Morgan fingerprint density at radius 2 is 1.83 bits per heavy atom. The smallest absolute Gasteiger partial charge is 0.186 e. The van der Waals surface area contributed by atoms with Crippen molar-refractivity contribution in [1.82, 2.24) is 0 Å². The number of benzene rings is 1. The highest BCUT2D eigenvalue weighted by Gasteiger charge is 2.32. The molecule has 3 nitrogen and oxygen atoms in total. The number of rotatable bonds is 3. The number of carbonyl (C=O) groups is 1. The summed E-state index contributed by atoms with van der Waals surface area (Å²) in [6.45, 7) is 9.03. The Hall–Kier alpha value is -1.82. The molecular formula is C15H19NO2.